The number of rotatable bonds is 7. The summed E-state index contributed by atoms with van der Waals surface area (Å²) in [7, 11) is -2.89. The molecule has 2 aliphatic heterocycles. The maximum absolute atomic E-state index is 4.57. The Morgan fingerprint density at radius 3 is 1.20 bits per heavy atom. The SMILES string of the molecule is CC(C)N1C(c2ccccc2)=[N+](C(C)C)[B-]2(C(C)(C)C)[N+](C(C)C)=C(c3ccccc3)N(C(C)C)[Si]12NC(C)(C)C. The average molecular weight is 575 g/mol. The predicted molar refractivity (Wildman–Crippen MR) is 180 cm³/mol. The Bertz CT molecular complexity index is 1220. The Labute approximate surface area is 252 Å². The van der Waals surface area contributed by atoms with Crippen molar-refractivity contribution in [2.24, 2.45) is 0 Å². The second-order valence-electron chi connectivity index (χ2n) is 15.6. The molecule has 2 aliphatic rings. The molecular formula is C34H57BN5Si+. The second kappa shape index (κ2) is 10.7. The molecule has 2 heterocycles. The Morgan fingerprint density at radius 1 is 0.610 bits per heavy atom. The van der Waals surface area contributed by atoms with Crippen LogP contribution in [-0.2, 0) is 0 Å². The molecule has 0 amide bonds. The molecule has 0 atom stereocenters. The molecule has 0 aliphatic carbocycles. The van der Waals surface area contributed by atoms with E-state index >= 15 is 0 Å². The molecule has 0 radical (unpaired) electrons. The summed E-state index contributed by atoms with van der Waals surface area (Å²) >= 11 is 0. The number of benzene rings is 2. The highest BCUT2D eigenvalue weighted by molar-refractivity contribution is 7.37. The third-order valence-corrected chi connectivity index (χ3v) is 15.6. The zero-order valence-electron chi connectivity index (χ0n) is 28.4. The summed E-state index contributed by atoms with van der Waals surface area (Å²) in [5.74, 6) is 2.77. The molecule has 0 unspecified atom stereocenters. The molecule has 224 valence electrons. The predicted octanol–water partition coefficient (Wildman–Crippen LogP) is 6.82. The fraction of sp³-hybridized carbons (Fsp3) is 0.588. The van der Waals surface area contributed by atoms with Crippen LogP contribution in [0, 0.1) is 0 Å². The van der Waals surface area contributed by atoms with E-state index in [1.165, 1.54) is 22.8 Å². The van der Waals surface area contributed by atoms with Crippen molar-refractivity contribution in [3.8, 4) is 0 Å². The van der Waals surface area contributed by atoms with Crippen LogP contribution in [0.5, 0.6) is 0 Å². The summed E-state index contributed by atoms with van der Waals surface area (Å²) < 4.78 is 11.6. The molecule has 1 N–H and O–H groups in total. The van der Waals surface area contributed by atoms with E-state index in [2.05, 4.69) is 181 Å². The molecule has 7 heteroatoms. The van der Waals surface area contributed by atoms with Crippen molar-refractivity contribution in [3.63, 3.8) is 0 Å². The van der Waals surface area contributed by atoms with Gasteiger partial charge >= 0.3 is 14.4 Å². The van der Waals surface area contributed by atoms with Crippen LogP contribution in [0.2, 0.25) is 5.31 Å². The van der Waals surface area contributed by atoms with Gasteiger partial charge < -0.3 is 8.97 Å². The molecule has 2 aromatic carbocycles. The van der Waals surface area contributed by atoms with Gasteiger partial charge in [0.15, 0.2) is 0 Å². The summed E-state index contributed by atoms with van der Waals surface area (Å²) in [6.45, 7) is 34.0. The molecule has 0 saturated heterocycles. The van der Waals surface area contributed by atoms with Gasteiger partial charge in [0.2, 0.25) is 11.7 Å². The molecule has 0 fully saturated rings. The third-order valence-electron chi connectivity index (χ3n) is 9.02. The minimum Gasteiger partial charge on any atom is -0.410 e. The first-order valence-electron chi connectivity index (χ1n) is 15.9. The van der Waals surface area contributed by atoms with Gasteiger partial charge in [0.05, 0.1) is 23.2 Å². The largest absolute Gasteiger partial charge is 0.494 e. The molecule has 4 rings (SSSR count). The van der Waals surface area contributed by atoms with Gasteiger partial charge in [-0.15, -0.1) is 0 Å². The van der Waals surface area contributed by atoms with E-state index in [0.29, 0.717) is 24.2 Å². The number of amidine groups is 2. The van der Waals surface area contributed by atoms with Crippen LogP contribution >= 0.6 is 0 Å². The molecular weight excluding hydrogens is 517 g/mol. The lowest BCUT2D eigenvalue weighted by molar-refractivity contribution is -0.565. The fourth-order valence-electron chi connectivity index (χ4n) is 8.54. The molecule has 0 bridgehead atoms. The van der Waals surface area contributed by atoms with Gasteiger partial charge in [-0.05, 0) is 100 Å². The van der Waals surface area contributed by atoms with Crippen molar-refractivity contribution in [2.45, 2.75) is 132 Å². The van der Waals surface area contributed by atoms with Crippen LogP contribution in [0.3, 0.4) is 0 Å². The van der Waals surface area contributed by atoms with Crippen molar-refractivity contribution < 1.29 is 8.97 Å². The van der Waals surface area contributed by atoms with Crippen LogP contribution in [0.25, 0.3) is 0 Å². The van der Waals surface area contributed by atoms with Crippen LogP contribution in [0.15, 0.2) is 60.7 Å². The Hall–Kier alpha value is -2.38. The topological polar surface area (TPSA) is 24.5 Å². The molecule has 0 spiro atoms. The van der Waals surface area contributed by atoms with Crippen LogP contribution in [-0.4, -0.2) is 73.9 Å². The maximum Gasteiger partial charge on any atom is 0.494 e. The van der Waals surface area contributed by atoms with Crippen molar-refractivity contribution in [1.29, 1.82) is 0 Å². The van der Waals surface area contributed by atoms with Gasteiger partial charge in [-0.2, -0.15) is 0 Å². The lowest BCUT2D eigenvalue weighted by Gasteiger charge is -2.52. The molecule has 2 aromatic rings. The monoisotopic (exact) mass is 574 g/mol. The minimum atomic E-state index is -2.89. The number of fused-ring (bicyclic) bond motifs is 1. The van der Waals surface area contributed by atoms with Gasteiger partial charge in [-0.3, -0.25) is 14.1 Å². The quantitative estimate of drug-likeness (QED) is 0.368. The minimum absolute atomic E-state index is 0.0631. The lowest BCUT2D eigenvalue weighted by Crippen LogP contribution is -2.91. The van der Waals surface area contributed by atoms with Crippen molar-refractivity contribution in [1.82, 2.24) is 14.1 Å². The highest BCUT2D eigenvalue weighted by atomic mass is 28.4. The molecule has 0 aromatic heterocycles. The van der Waals surface area contributed by atoms with Gasteiger partial charge in [0, 0.05) is 17.6 Å². The van der Waals surface area contributed by atoms with Gasteiger partial charge in [0.1, 0.15) is 0 Å². The van der Waals surface area contributed by atoms with E-state index in [1.807, 2.05) is 0 Å². The number of hydrogen-bond donors (Lipinski definition) is 1. The first-order chi connectivity index (χ1) is 18.9. The Kier molecular flexibility index (Phi) is 8.25. The first kappa shape index (κ1) is 31.6. The van der Waals surface area contributed by atoms with Crippen LogP contribution in [0.1, 0.15) is 108 Å². The number of hydrogen-bond acceptors (Lipinski definition) is 3. The van der Waals surface area contributed by atoms with Crippen molar-refractivity contribution in [2.75, 3.05) is 0 Å². The standard InChI is InChI=1S/C34H57BN5Si/c1-25(2)37-31(29-21-17-15-18-22-29)39(27(5)6)41(36-34(12,13)14)35(37,33(9,10)11)38(26(3)4)32(40(41)28(7)8)30-23-19-16-20-24-30/h15-28,36H,1-14H3/q+1. The second-order valence-corrected chi connectivity index (χ2v) is 19.0. The summed E-state index contributed by atoms with van der Waals surface area (Å²) in [5, 5.41) is -0.0631. The smallest absolute Gasteiger partial charge is 0.410 e. The molecule has 5 nitrogen and oxygen atoms in total. The molecule has 41 heavy (non-hydrogen) atoms. The normalized spacial score (nSPS) is 23.8. The van der Waals surface area contributed by atoms with E-state index in [9.17, 15) is 0 Å². The maximum atomic E-state index is 4.57. The lowest BCUT2D eigenvalue weighted by atomic mass is 9.48. The summed E-state index contributed by atoms with van der Waals surface area (Å²) in [5.41, 5.74) is 2.52. The van der Waals surface area contributed by atoms with Gasteiger partial charge in [-0.25, -0.2) is 0 Å². The Morgan fingerprint density at radius 2 is 0.951 bits per heavy atom. The van der Waals surface area contributed by atoms with Gasteiger partial charge in [-0.1, -0.05) is 62.5 Å². The number of nitrogens with one attached hydrogen (secondary N) is 1. The zero-order valence-corrected chi connectivity index (χ0v) is 29.4. The van der Waals surface area contributed by atoms with Crippen LogP contribution < -0.4 is 4.98 Å². The van der Waals surface area contributed by atoms with Gasteiger partial charge in [0.25, 0.3) is 0 Å². The van der Waals surface area contributed by atoms with E-state index in [4.69, 9.17) is 0 Å². The summed E-state index contributed by atoms with van der Waals surface area (Å²) in [6, 6.07) is 22.2. The van der Waals surface area contributed by atoms with E-state index < -0.39 is 14.4 Å². The Balaban J connectivity index is 2.40. The molecule has 0 saturated carbocycles. The van der Waals surface area contributed by atoms with Crippen LogP contribution in [0.4, 0.5) is 0 Å². The number of nitrogens with zero attached hydrogens (tertiary/aromatic N) is 4. The third kappa shape index (κ3) is 4.62. The first-order valence-corrected chi connectivity index (χ1v) is 17.9. The van der Waals surface area contributed by atoms with Crippen molar-refractivity contribution in [3.05, 3.63) is 71.8 Å². The van der Waals surface area contributed by atoms with Crippen molar-refractivity contribution >= 4 is 26.1 Å². The highest BCUT2D eigenvalue weighted by Gasteiger charge is 2.90. The summed E-state index contributed by atoms with van der Waals surface area (Å²) in [4.78, 5) is 4.57. The highest BCUT2D eigenvalue weighted by Crippen LogP contribution is 2.54. The summed E-state index contributed by atoms with van der Waals surface area (Å²) in [6.07, 6.45) is 0. The van der Waals surface area contributed by atoms with E-state index in [1.54, 1.807) is 0 Å². The van der Waals surface area contributed by atoms with E-state index in [-0.39, 0.29) is 10.9 Å². The average Bonchev–Trinajstić information content (AvgIpc) is 3.26. The fourth-order valence-corrected chi connectivity index (χ4v) is 16.6. The zero-order chi connectivity index (χ0) is 30.7. The van der Waals surface area contributed by atoms with E-state index in [0.717, 1.165) is 0 Å².